The van der Waals surface area contributed by atoms with Gasteiger partial charge in [-0.3, -0.25) is 0 Å². The maximum atomic E-state index is 10.3. The predicted octanol–water partition coefficient (Wildman–Crippen LogP) is 3.83. The van der Waals surface area contributed by atoms with E-state index in [9.17, 15) is 4.79 Å². The molecule has 0 fully saturated rings. The number of ether oxygens (including phenoxy) is 1. The number of rotatable bonds is 4. The Kier molecular flexibility index (Phi) is 4.77. The van der Waals surface area contributed by atoms with Crippen LogP contribution in [-0.4, -0.2) is 17.7 Å². The molecule has 108 valence electrons. The zero-order chi connectivity index (χ0) is 15.2. The predicted molar refractivity (Wildman–Crippen MR) is 84.4 cm³/mol. The van der Waals surface area contributed by atoms with Crippen molar-refractivity contribution in [1.82, 2.24) is 0 Å². The topological polar surface area (TPSA) is 46.5 Å². The minimum Gasteiger partial charge on any atom is -0.488 e. The van der Waals surface area contributed by atoms with Crippen LogP contribution in [0.3, 0.4) is 0 Å². The van der Waals surface area contributed by atoms with Crippen LogP contribution in [0.15, 0.2) is 54.2 Å². The third-order valence-electron chi connectivity index (χ3n) is 3.05. The van der Waals surface area contributed by atoms with Gasteiger partial charge < -0.3 is 9.84 Å². The first kappa shape index (κ1) is 14.9. The first-order chi connectivity index (χ1) is 10.1. The fourth-order valence-corrected chi connectivity index (χ4v) is 2.23. The number of hydrogen-bond donors (Lipinski definition) is 1. The minimum atomic E-state index is -0.950. The van der Waals surface area contributed by atoms with Gasteiger partial charge in [0.05, 0.1) is 0 Å². The third-order valence-corrected chi connectivity index (χ3v) is 3.05. The average molecular weight is 282 g/mol. The summed E-state index contributed by atoms with van der Waals surface area (Å²) in [6, 6.07) is 4.23. The number of aliphatic carboxylic acids is 1. The van der Waals surface area contributed by atoms with Gasteiger partial charge in [-0.25, -0.2) is 4.79 Å². The number of fused-ring (bicyclic) bond motifs is 1. The smallest absolute Gasteiger partial charge is 0.328 e. The molecule has 1 aromatic rings. The lowest BCUT2D eigenvalue weighted by Crippen LogP contribution is -2.07. The van der Waals surface area contributed by atoms with Crippen molar-refractivity contribution in [3.63, 3.8) is 0 Å². The van der Waals surface area contributed by atoms with Gasteiger partial charge in [-0.05, 0) is 37.1 Å². The fourth-order valence-electron chi connectivity index (χ4n) is 2.23. The average Bonchev–Trinajstić information content (AvgIpc) is 2.41. The minimum absolute atomic E-state index is 0.548. The monoisotopic (exact) mass is 282 g/mol. The van der Waals surface area contributed by atoms with E-state index in [4.69, 9.17) is 9.84 Å². The van der Waals surface area contributed by atoms with Crippen molar-refractivity contribution in [3.05, 3.63) is 70.9 Å². The maximum Gasteiger partial charge on any atom is 0.328 e. The van der Waals surface area contributed by atoms with E-state index in [2.05, 4.69) is 32.1 Å². The van der Waals surface area contributed by atoms with Crippen LogP contribution in [0.5, 0.6) is 5.75 Å². The van der Waals surface area contributed by atoms with Crippen molar-refractivity contribution in [2.24, 2.45) is 0 Å². The summed E-state index contributed by atoms with van der Waals surface area (Å²) in [5.41, 5.74) is 4.56. The maximum absolute atomic E-state index is 10.3. The first-order valence-electron chi connectivity index (χ1n) is 6.75. The van der Waals surface area contributed by atoms with E-state index in [0.717, 1.165) is 28.5 Å². The van der Waals surface area contributed by atoms with Crippen molar-refractivity contribution in [2.75, 3.05) is 6.61 Å². The van der Waals surface area contributed by atoms with E-state index in [-0.39, 0.29) is 0 Å². The molecule has 0 spiro atoms. The molecule has 0 unspecified atom stereocenters. The van der Waals surface area contributed by atoms with E-state index >= 15 is 0 Å². The molecule has 0 saturated heterocycles. The second kappa shape index (κ2) is 6.75. The van der Waals surface area contributed by atoms with Crippen molar-refractivity contribution in [2.45, 2.75) is 13.8 Å². The molecule has 0 amide bonds. The molecule has 21 heavy (non-hydrogen) atoms. The van der Waals surface area contributed by atoms with Crippen LogP contribution < -0.4 is 4.74 Å². The molecule has 1 N–H and O–H groups in total. The van der Waals surface area contributed by atoms with Crippen LogP contribution in [0, 0.1) is 13.8 Å². The van der Waals surface area contributed by atoms with Gasteiger partial charge in [0.25, 0.3) is 0 Å². The molecule has 2 rings (SSSR count). The van der Waals surface area contributed by atoms with E-state index in [1.54, 1.807) is 12.2 Å². The molecule has 0 atom stereocenters. The zero-order valence-corrected chi connectivity index (χ0v) is 12.2. The second-order valence-electron chi connectivity index (χ2n) is 4.95. The number of hydrogen-bond acceptors (Lipinski definition) is 2. The molecular formula is C18H18O3. The van der Waals surface area contributed by atoms with Gasteiger partial charge in [-0.15, -0.1) is 0 Å². The molecule has 1 aliphatic heterocycles. The Balaban J connectivity index is 2.09. The van der Waals surface area contributed by atoms with Crippen molar-refractivity contribution < 1.29 is 14.6 Å². The Labute approximate surface area is 124 Å². The number of carboxylic acids is 1. The summed E-state index contributed by atoms with van der Waals surface area (Å²) in [4.78, 5) is 10.3. The quantitative estimate of drug-likeness (QED) is 0.674. The molecule has 0 aromatic heterocycles. The van der Waals surface area contributed by atoms with Gasteiger partial charge in [0.15, 0.2) is 0 Å². The van der Waals surface area contributed by atoms with Crippen LogP contribution in [0.1, 0.15) is 16.7 Å². The molecule has 0 bridgehead atoms. The van der Waals surface area contributed by atoms with E-state index in [0.29, 0.717) is 6.61 Å². The van der Waals surface area contributed by atoms with Gasteiger partial charge in [0, 0.05) is 11.6 Å². The lowest BCUT2D eigenvalue weighted by molar-refractivity contribution is -0.131. The molecule has 3 heteroatoms. The number of benzene rings is 1. The summed E-state index contributed by atoms with van der Waals surface area (Å²) < 4.78 is 5.80. The van der Waals surface area contributed by atoms with Gasteiger partial charge in [-0.1, -0.05) is 42.0 Å². The summed E-state index contributed by atoms with van der Waals surface area (Å²) >= 11 is 0. The summed E-state index contributed by atoms with van der Waals surface area (Å²) in [7, 11) is 0. The number of allylic oxidation sites excluding steroid dienone is 4. The molecule has 0 radical (unpaired) electrons. The van der Waals surface area contributed by atoms with E-state index < -0.39 is 5.97 Å². The van der Waals surface area contributed by atoms with Crippen molar-refractivity contribution >= 4 is 12.0 Å². The Morgan fingerprint density at radius 1 is 1.19 bits per heavy atom. The highest BCUT2D eigenvalue weighted by Gasteiger charge is 2.12. The van der Waals surface area contributed by atoms with Crippen LogP contribution in [0.25, 0.3) is 6.08 Å². The molecule has 1 aliphatic rings. The third kappa shape index (κ3) is 4.21. The Hall–Kier alpha value is -2.55. The highest BCUT2D eigenvalue weighted by molar-refractivity contribution is 5.80. The number of aryl methyl sites for hydroxylation is 2. The van der Waals surface area contributed by atoms with Crippen LogP contribution in [0.2, 0.25) is 0 Å². The normalized spacial score (nSPS) is 14.5. The molecule has 1 heterocycles. The van der Waals surface area contributed by atoms with E-state index in [1.165, 1.54) is 11.6 Å². The molecule has 0 saturated carbocycles. The Morgan fingerprint density at radius 3 is 2.71 bits per heavy atom. The molecule has 1 aromatic carbocycles. The standard InChI is InChI=1S/C18H18O3/c1-13-9-14(2)18-16(10-13)11-15(12-21-18)7-5-3-4-6-8-17(19)20/h3-11H,12H2,1-2H3,(H,19,20)/b4-3+,7-5+,8-6-. The van der Waals surface area contributed by atoms with Crippen LogP contribution >= 0.6 is 0 Å². The van der Waals surface area contributed by atoms with Gasteiger partial charge in [-0.2, -0.15) is 0 Å². The number of carboxylic acid groups (broad SMARTS) is 1. The summed E-state index contributed by atoms with van der Waals surface area (Å²) in [6.45, 7) is 4.67. The van der Waals surface area contributed by atoms with Gasteiger partial charge >= 0.3 is 5.97 Å². The van der Waals surface area contributed by atoms with Crippen molar-refractivity contribution in [1.29, 1.82) is 0 Å². The zero-order valence-electron chi connectivity index (χ0n) is 12.2. The number of carbonyl (C=O) groups is 1. The largest absolute Gasteiger partial charge is 0.488 e. The lowest BCUT2D eigenvalue weighted by atomic mass is 10.0. The Bertz CT molecular complexity index is 661. The van der Waals surface area contributed by atoms with Crippen LogP contribution in [0.4, 0.5) is 0 Å². The SMILES string of the molecule is Cc1cc(C)c2c(c1)C=C(/C=C/C=C/C=C\C(=O)O)CO2. The molecule has 3 nitrogen and oxygen atoms in total. The highest BCUT2D eigenvalue weighted by atomic mass is 16.5. The highest BCUT2D eigenvalue weighted by Crippen LogP contribution is 2.31. The van der Waals surface area contributed by atoms with E-state index in [1.807, 2.05) is 12.2 Å². The summed E-state index contributed by atoms with van der Waals surface area (Å²) in [5, 5.41) is 8.45. The first-order valence-corrected chi connectivity index (χ1v) is 6.75. The second-order valence-corrected chi connectivity index (χ2v) is 4.95. The Morgan fingerprint density at radius 2 is 1.95 bits per heavy atom. The summed E-state index contributed by atoms with van der Waals surface area (Å²) in [6.07, 6.45) is 12.0. The lowest BCUT2D eigenvalue weighted by Gasteiger charge is -2.18. The fraction of sp³-hybridized carbons (Fsp3) is 0.167. The van der Waals surface area contributed by atoms with Crippen molar-refractivity contribution in [3.8, 4) is 5.75 Å². The summed E-state index contributed by atoms with van der Waals surface area (Å²) in [5.74, 6) is 0.00653. The van der Waals surface area contributed by atoms with Gasteiger partial charge in [0.2, 0.25) is 0 Å². The van der Waals surface area contributed by atoms with Gasteiger partial charge in [0.1, 0.15) is 12.4 Å². The van der Waals surface area contributed by atoms with Crippen LogP contribution in [-0.2, 0) is 4.79 Å². The molecular weight excluding hydrogens is 264 g/mol. The molecule has 0 aliphatic carbocycles.